The molecule has 0 spiro atoms. The van der Waals surface area contributed by atoms with Crippen LogP contribution in [0, 0.1) is 6.92 Å². The minimum Gasteiger partial charge on any atom is -0.379 e. The van der Waals surface area contributed by atoms with Gasteiger partial charge in [0.25, 0.3) is 0 Å². The van der Waals surface area contributed by atoms with Crippen LogP contribution in [0.3, 0.4) is 0 Å². The van der Waals surface area contributed by atoms with Gasteiger partial charge in [-0.1, -0.05) is 12.8 Å². The van der Waals surface area contributed by atoms with E-state index in [1.165, 1.54) is 25.7 Å². The molecule has 2 aliphatic rings. The largest absolute Gasteiger partial charge is 0.379 e. The third-order valence-electron chi connectivity index (χ3n) is 4.81. The maximum atomic E-state index is 5.41. The third-order valence-corrected chi connectivity index (χ3v) is 5.06. The van der Waals surface area contributed by atoms with Gasteiger partial charge >= 0.3 is 0 Å². The van der Waals surface area contributed by atoms with Gasteiger partial charge < -0.3 is 20.3 Å². The van der Waals surface area contributed by atoms with E-state index in [1.54, 1.807) is 0 Å². The van der Waals surface area contributed by atoms with Crippen molar-refractivity contribution in [2.45, 2.75) is 32.6 Å². The van der Waals surface area contributed by atoms with Gasteiger partial charge in [-0.3, -0.25) is 4.90 Å². The summed E-state index contributed by atoms with van der Waals surface area (Å²) in [6, 6.07) is 2.06. The number of hydrogen-bond acceptors (Lipinski definition) is 6. The first kappa shape index (κ1) is 19.3. The first-order chi connectivity index (χ1) is 12.7. The highest BCUT2D eigenvalue weighted by Gasteiger charge is 2.14. The Hall–Kier alpha value is -1.51. The Morgan fingerprint density at radius 2 is 1.85 bits per heavy atom. The van der Waals surface area contributed by atoms with Crippen LogP contribution < -0.4 is 15.5 Å². The summed E-state index contributed by atoms with van der Waals surface area (Å²) < 4.78 is 5.37. The van der Waals surface area contributed by atoms with Crippen molar-refractivity contribution in [2.24, 2.45) is 0 Å². The lowest BCUT2D eigenvalue weighted by atomic mass is 10.2. The number of aromatic nitrogens is 2. The van der Waals surface area contributed by atoms with Gasteiger partial charge in [0.2, 0.25) is 5.95 Å². The van der Waals surface area contributed by atoms with Crippen LogP contribution in [-0.2, 0) is 4.74 Å². The Morgan fingerprint density at radius 3 is 2.58 bits per heavy atom. The summed E-state index contributed by atoms with van der Waals surface area (Å²) in [5.41, 5.74) is 0.956. The van der Waals surface area contributed by atoms with Crippen molar-refractivity contribution >= 4 is 29.1 Å². The number of hydrogen-bond donors (Lipinski definition) is 2. The van der Waals surface area contributed by atoms with Crippen molar-refractivity contribution in [2.75, 3.05) is 62.7 Å². The smallest absolute Gasteiger partial charge is 0.231 e. The van der Waals surface area contributed by atoms with Gasteiger partial charge in [-0.25, -0.2) is 4.98 Å². The summed E-state index contributed by atoms with van der Waals surface area (Å²) in [6.45, 7) is 9.51. The predicted octanol–water partition coefficient (Wildman–Crippen LogP) is 1.78. The van der Waals surface area contributed by atoms with E-state index >= 15 is 0 Å². The number of aryl methyl sites for hydroxylation is 1. The number of anilines is 2. The molecule has 0 bridgehead atoms. The topological polar surface area (TPSA) is 65.6 Å². The van der Waals surface area contributed by atoms with Gasteiger partial charge in [-0.2, -0.15) is 4.98 Å². The Morgan fingerprint density at radius 1 is 1.12 bits per heavy atom. The molecule has 2 saturated heterocycles. The Kier molecular flexibility index (Phi) is 7.40. The van der Waals surface area contributed by atoms with Gasteiger partial charge in [0.15, 0.2) is 5.11 Å². The number of ether oxygens (including phenoxy) is 1. The fourth-order valence-corrected chi connectivity index (χ4v) is 3.56. The summed E-state index contributed by atoms with van der Waals surface area (Å²) in [5, 5.41) is 6.97. The molecule has 3 rings (SSSR count). The van der Waals surface area contributed by atoms with Crippen LogP contribution in [0.2, 0.25) is 0 Å². The van der Waals surface area contributed by atoms with Crippen LogP contribution in [0.15, 0.2) is 6.07 Å². The number of morpholine rings is 1. The normalized spacial score (nSPS) is 19.0. The van der Waals surface area contributed by atoms with Gasteiger partial charge in [-0.05, 0) is 32.0 Å². The highest BCUT2D eigenvalue weighted by atomic mass is 32.1. The van der Waals surface area contributed by atoms with Crippen LogP contribution in [0.5, 0.6) is 0 Å². The molecular formula is C18H30N6OS. The van der Waals surface area contributed by atoms with E-state index in [1.807, 2.05) is 6.92 Å². The lowest BCUT2D eigenvalue weighted by molar-refractivity contribution is 0.0389. The fourth-order valence-electron chi connectivity index (χ4n) is 3.37. The number of nitrogens with one attached hydrogen (secondary N) is 2. The molecule has 0 aromatic carbocycles. The van der Waals surface area contributed by atoms with Crippen molar-refractivity contribution in [1.82, 2.24) is 20.2 Å². The SMILES string of the molecule is Cc1cc(N2CCCCCC2)nc(NC(=S)NCCN2CCOCC2)n1. The molecule has 0 radical (unpaired) electrons. The molecule has 26 heavy (non-hydrogen) atoms. The van der Waals surface area contributed by atoms with Gasteiger partial charge in [0.05, 0.1) is 13.2 Å². The predicted molar refractivity (Wildman–Crippen MR) is 109 cm³/mol. The van der Waals surface area contributed by atoms with E-state index in [9.17, 15) is 0 Å². The average molecular weight is 379 g/mol. The molecule has 3 heterocycles. The molecule has 0 atom stereocenters. The quantitative estimate of drug-likeness (QED) is 0.752. The average Bonchev–Trinajstić information content (AvgIpc) is 2.91. The minimum atomic E-state index is 0.575. The molecule has 0 unspecified atom stereocenters. The molecule has 0 saturated carbocycles. The maximum absolute atomic E-state index is 5.41. The van der Waals surface area contributed by atoms with E-state index in [-0.39, 0.29) is 0 Å². The molecular weight excluding hydrogens is 348 g/mol. The molecule has 0 aliphatic carbocycles. The van der Waals surface area contributed by atoms with Gasteiger partial charge in [0, 0.05) is 51.0 Å². The van der Waals surface area contributed by atoms with E-state index in [2.05, 4.69) is 36.5 Å². The second kappa shape index (κ2) is 9.99. The van der Waals surface area contributed by atoms with Crippen molar-refractivity contribution in [1.29, 1.82) is 0 Å². The van der Waals surface area contributed by atoms with Crippen LogP contribution in [0.25, 0.3) is 0 Å². The molecule has 2 fully saturated rings. The third kappa shape index (κ3) is 6.03. The molecule has 7 nitrogen and oxygen atoms in total. The molecule has 1 aromatic rings. The zero-order chi connectivity index (χ0) is 18.2. The molecule has 8 heteroatoms. The summed E-state index contributed by atoms with van der Waals surface area (Å²) in [7, 11) is 0. The van der Waals surface area contributed by atoms with E-state index in [0.29, 0.717) is 11.1 Å². The molecule has 2 N–H and O–H groups in total. The van der Waals surface area contributed by atoms with Crippen molar-refractivity contribution < 1.29 is 4.74 Å². The van der Waals surface area contributed by atoms with E-state index < -0.39 is 0 Å². The Bertz CT molecular complexity index is 585. The van der Waals surface area contributed by atoms with Gasteiger partial charge in [0.1, 0.15) is 5.82 Å². The van der Waals surface area contributed by atoms with Crippen LogP contribution >= 0.6 is 12.2 Å². The number of rotatable bonds is 5. The molecule has 1 aromatic heterocycles. The summed E-state index contributed by atoms with van der Waals surface area (Å²) >= 11 is 5.41. The highest BCUT2D eigenvalue weighted by molar-refractivity contribution is 7.80. The first-order valence-electron chi connectivity index (χ1n) is 9.66. The van der Waals surface area contributed by atoms with Crippen LogP contribution in [-0.4, -0.2) is 72.5 Å². The summed E-state index contributed by atoms with van der Waals surface area (Å²) in [5.74, 6) is 1.58. The van der Waals surface area contributed by atoms with Crippen molar-refractivity contribution in [3.05, 3.63) is 11.8 Å². The Labute approximate surface area is 161 Å². The zero-order valence-corrected chi connectivity index (χ0v) is 16.5. The van der Waals surface area contributed by atoms with E-state index in [0.717, 1.165) is 64.0 Å². The number of thiocarbonyl (C=S) groups is 1. The summed E-state index contributed by atoms with van der Waals surface area (Å²) in [6.07, 6.45) is 5.08. The van der Waals surface area contributed by atoms with Crippen LogP contribution in [0.1, 0.15) is 31.4 Å². The Balaban J connectivity index is 1.50. The standard InChI is InChI=1S/C18H30N6OS/c1-15-14-16(24-7-4-2-3-5-8-24)21-17(20-15)22-18(26)19-6-9-23-10-12-25-13-11-23/h14H,2-13H2,1H3,(H2,19,20,21,22,26). The van der Waals surface area contributed by atoms with Crippen molar-refractivity contribution in [3.63, 3.8) is 0 Å². The minimum absolute atomic E-state index is 0.575. The lowest BCUT2D eigenvalue weighted by Gasteiger charge is -2.26. The molecule has 0 amide bonds. The highest BCUT2D eigenvalue weighted by Crippen LogP contribution is 2.19. The molecule has 2 aliphatic heterocycles. The second-order valence-electron chi connectivity index (χ2n) is 6.93. The maximum Gasteiger partial charge on any atom is 0.231 e. The van der Waals surface area contributed by atoms with E-state index in [4.69, 9.17) is 17.0 Å². The van der Waals surface area contributed by atoms with Crippen LogP contribution in [0.4, 0.5) is 11.8 Å². The molecule has 144 valence electrons. The second-order valence-corrected chi connectivity index (χ2v) is 7.34. The fraction of sp³-hybridized carbons (Fsp3) is 0.722. The first-order valence-corrected chi connectivity index (χ1v) is 10.1. The lowest BCUT2D eigenvalue weighted by Crippen LogP contribution is -2.42. The summed E-state index contributed by atoms with van der Waals surface area (Å²) in [4.78, 5) is 13.9. The monoisotopic (exact) mass is 378 g/mol. The zero-order valence-electron chi connectivity index (χ0n) is 15.7. The van der Waals surface area contributed by atoms with Crippen molar-refractivity contribution in [3.8, 4) is 0 Å². The number of nitrogens with zero attached hydrogens (tertiary/aromatic N) is 4. The van der Waals surface area contributed by atoms with Gasteiger partial charge in [-0.15, -0.1) is 0 Å².